The van der Waals surface area contributed by atoms with E-state index in [4.69, 9.17) is 11.6 Å². The molecule has 1 saturated heterocycles. The maximum Gasteiger partial charge on any atom is 0.387 e. The summed E-state index contributed by atoms with van der Waals surface area (Å²) in [5, 5.41) is 10.6. The summed E-state index contributed by atoms with van der Waals surface area (Å²) in [6, 6.07) is 12.1. The van der Waals surface area contributed by atoms with Gasteiger partial charge in [0.2, 0.25) is 10.0 Å². The van der Waals surface area contributed by atoms with E-state index in [2.05, 4.69) is 4.74 Å². The molecule has 1 atom stereocenters. The maximum absolute atomic E-state index is 12.8. The fourth-order valence-electron chi connectivity index (χ4n) is 3.17. The minimum atomic E-state index is -3.67. The van der Waals surface area contributed by atoms with Crippen LogP contribution in [0.25, 0.3) is 0 Å². The van der Waals surface area contributed by atoms with Gasteiger partial charge in [0.1, 0.15) is 10.6 Å². The Kier molecular flexibility index (Phi) is 7.07. The van der Waals surface area contributed by atoms with Gasteiger partial charge in [0.05, 0.1) is 11.1 Å². The zero-order valence-corrected chi connectivity index (χ0v) is 17.0. The number of β-amino-alcohol motifs (C(OH)–C–C–N with tert-alkyl or cyclic N) is 1. The molecule has 0 aromatic heterocycles. The molecule has 158 valence electrons. The third-order valence-corrected chi connectivity index (χ3v) is 7.11. The third kappa shape index (κ3) is 5.43. The number of hydrogen-bond acceptors (Lipinski definition) is 5. The fraction of sp³-hybridized carbons (Fsp3) is 0.368. The minimum absolute atomic E-state index is 0.0225. The Bertz CT molecular complexity index is 920. The molecule has 0 amide bonds. The van der Waals surface area contributed by atoms with Crippen LogP contribution in [0.15, 0.2) is 53.4 Å². The Morgan fingerprint density at radius 1 is 1.03 bits per heavy atom. The smallest absolute Gasteiger partial charge is 0.387 e. The number of aliphatic hydroxyl groups is 1. The van der Waals surface area contributed by atoms with Crippen LogP contribution in [-0.2, 0) is 10.0 Å². The van der Waals surface area contributed by atoms with Gasteiger partial charge in [-0.05, 0) is 29.8 Å². The van der Waals surface area contributed by atoms with Crippen LogP contribution in [0.3, 0.4) is 0 Å². The van der Waals surface area contributed by atoms with E-state index in [1.165, 1.54) is 34.6 Å². The molecule has 2 aromatic rings. The van der Waals surface area contributed by atoms with E-state index in [0.717, 1.165) is 0 Å². The zero-order valence-electron chi connectivity index (χ0n) is 15.4. The quantitative estimate of drug-likeness (QED) is 0.708. The van der Waals surface area contributed by atoms with Gasteiger partial charge in [-0.2, -0.15) is 13.1 Å². The Morgan fingerprint density at radius 3 is 2.24 bits per heavy atom. The molecule has 0 spiro atoms. The lowest BCUT2D eigenvalue weighted by Gasteiger charge is -2.35. The van der Waals surface area contributed by atoms with Gasteiger partial charge in [-0.15, -0.1) is 0 Å². The van der Waals surface area contributed by atoms with Gasteiger partial charge in [0, 0.05) is 32.7 Å². The largest absolute Gasteiger partial charge is 0.435 e. The second kappa shape index (κ2) is 9.36. The number of nitrogens with zero attached hydrogens (tertiary/aromatic N) is 2. The molecule has 1 aliphatic rings. The summed E-state index contributed by atoms with van der Waals surface area (Å²) in [7, 11) is -3.67. The number of alkyl halides is 2. The monoisotopic (exact) mass is 446 g/mol. The molecule has 0 radical (unpaired) electrons. The third-order valence-electron chi connectivity index (χ3n) is 4.71. The molecule has 6 nitrogen and oxygen atoms in total. The second-order valence-corrected chi connectivity index (χ2v) is 8.91. The summed E-state index contributed by atoms with van der Waals surface area (Å²) in [6.45, 7) is -1.14. The molecule has 0 aliphatic carbocycles. The summed E-state index contributed by atoms with van der Waals surface area (Å²) in [5.41, 5.74) is 0.567. The summed E-state index contributed by atoms with van der Waals surface area (Å²) in [4.78, 5) is 2.04. The van der Waals surface area contributed by atoms with E-state index < -0.39 is 22.7 Å². The van der Waals surface area contributed by atoms with E-state index in [9.17, 15) is 22.3 Å². The summed E-state index contributed by atoms with van der Waals surface area (Å²) < 4.78 is 55.6. The van der Waals surface area contributed by atoms with Crippen LogP contribution >= 0.6 is 11.6 Å². The Morgan fingerprint density at radius 2 is 1.66 bits per heavy atom. The zero-order chi connectivity index (χ0) is 21.0. The number of halogens is 3. The molecule has 1 aliphatic heterocycles. The molecule has 10 heteroatoms. The van der Waals surface area contributed by atoms with Crippen molar-refractivity contribution in [3.05, 3.63) is 59.1 Å². The molecule has 1 N–H and O–H groups in total. The van der Waals surface area contributed by atoms with Crippen LogP contribution in [0.5, 0.6) is 5.75 Å². The Labute approximate surface area is 173 Å². The molecule has 1 fully saturated rings. The molecule has 3 rings (SSSR count). The lowest BCUT2D eigenvalue weighted by Crippen LogP contribution is -2.49. The van der Waals surface area contributed by atoms with E-state index in [1.807, 2.05) is 4.90 Å². The van der Waals surface area contributed by atoms with Gasteiger partial charge < -0.3 is 9.84 Å². The molecule has 0 bridgehead atoms. The first-order valence-corrected chi connectivity index (χ1v) is 10.8. The van der Waals surface area contributed by atoms with Crippen LogP contribution in [0.4, 0.5) is 8.78 Å². The SMILES string of the molecule is O=S(=O)(c1ccccc1Cl)N1CCN(CC(O)c2ccc(OC(F)F)cc2)CC1. The standard InChI is InChI=1S/C19H21ClF2N2O4S/c20-16-3-1-2-4-18(16)29(26,27)24-11-9-23(10-12-24)13-17(25)14-5-7-15(8-6-14)28-19(21)22/h1-8,17,19,25H,9-13H2. The van der Waals surface area contributed by atoms with Crippen LogP contribution in [0, 0.1) is 0 Å². The number of benzene rings is 2. The predicted octanol–water partition coefficient (Wildman–Crippen LogP) is 2.98. The fourth-order valence-corrected chi connectivity index (χ4v) is 5.08. The number of aliphatic hydroxyl groups excluding tert-OH is 1. The number of ether oxygens (including phenoxy) is 1. The molecule has 1 heterocycles. The van der Waals surface area contributed by atoms with E-state index >= 15 is 0 Å². The highest BCUT2D eigenvalue weighted by Crippen LogP contribution is 2.26. The van der Waals surface area contributed by atoms with Gasteiger partial charge in [-0.25, -0.2) is 8.42 Å². The second-order valence-electron chi connectivity index (χ2n) is 6.60. The van der Waals surface area contributed by atoms with Crippen molar-refractivity contribution in [3.8, 4) is 5.75 Å². The lowest BCUT2D eigenvalue weighted by molar-refractivity contribution is -0.0498. The molecule has 0 saturated carbocycles. The van der Waals surface area contributed by atoms with Crippen molar-refractivity contribution in [2.75, 3.05) is 32.7 Å². The minimum Gasteiger partial charge on any atom is -0.435 e. The summed E-state index contributed by atoms with van der Waals surface area (Å²) in [5.74, 6) is 0.0225. The van der Waals surface area contributed by atoms with Crippen molar-refractivity contribution in [2.24, 2.45) is 0 Å². The number of piperazine rings is 1. The average Bonchev–Trinajstić information content (AvgIpc) is 2.68. The Hall–Kier alpha value is -1.78. The molecular weight excluding hydrogens is 426 g/mol. The Balaban J connectivity index is 1.56. The van der Waals surface area contributed by atoms with Crippen molar-refractivity contribution < 1.29 is 27.0 Å². The first-order valence-electron chi connectivity index (χ1n) is 8.97. The highest BCUT2D eigenvalue weighted by atomic mass is 35.5. The van der Waals surface area contributed by atoms with Crippen molar-refractivity contribution in [1.29, 1.82) is 0 Å². The number of rotatable bonds is 7. The van der Waals surface area contributed by atoms with Crippen LogP contribution in [0.1, 0.15) is 11.7 Å². The van der Waals surface area contributed by atoms with Gasteiger partial charge in [-0.1, -0.05) is 35.9 Å². The first-order chi connectivity index (χ1) is 13.8. The summed E-state index contributed by atoms with van der Waals surface area (Å²) in [6.07, 6.45) is -0.831. The van der Waals surface area contributed by atoms with Crippen molar-refractivity contribution in [1.82, 2.24) is 9.21 Å². The van der Waals surface area contributed by atoms with E-state index in [-0.39, 0.29) is 28.8 Å². The van der Waals surface area contributed by atoms with Crippen LogP contribution in [-0.4, -0.2) is 62.1 Å². The molecule has 1 unspecified atom stereocenters. The molecular formula is C19H21ClF2N2O4S. The average molecular weight is 447 g/mol. The van der Waals surface area contributed by atoms with Crippen LogP contribution in [0.2, 0.25) is 5.02 Å². The predicted molar refractivity (Wildman–Crippen MR) is 105 cm³/mol. The van der Waals surface area contributed by atoms with Gasteiger partial charge in [-0.3, -0.25) is 4.90 Å². The first kappa shape index (κ1) is 21.9. The van der Waals surface area contributed by atoms with E-state index in [0.29, 0.717) is 25.2 Å². The van der Waals surface area contributed by atoms with Gasteiger partial charge >= 0.3 is 6.61 Å². The maximum atomic E-state index is 12.8. The van der Waals surface area contributed by atoms with Gasteiger partial charge in [0.15, 0.2) is 0 Å². The molecule has 29 heavy (non-hydrogen) atoms. The lowest BCUT2D eigenvalue weighted by atomic mass is 10.1. The number of hydrogen-bond donors (Lipinski definition) is 1. The van der Waals surface area contributed by atoms with E-state index in [1.54, 1.807) is 18.2 Å². The van der Waals surface area contributed by atoms with Crippen molar-refractivity contribution >= 4 is 21.6 Å². The van der Waals surface area contributed by atoms with Gasteiger partial charge in [0.25, 0.3) is 0 Å². The van der Waals surface area contributed by atoms with Crippen molar-refractivity contribution in [2.45, 2.75) is 17.6 Å². The highest BCUT2D eigenvalue weighted by Gasteiger charge is 2.30. The summed E-state index contributed by atoms with van der Waals surface area (Å²) >= 11 is 6.03. The normalized spacial score (nSPS) is 17.4. The van der Waals surface area contributed by atoms with Crippen molar-refractivity contribution in [3.63, 3.8) is 0 Å². The highest BCUT2D eigenvalue weighted by molar-refractivity contribution is 7.89. The topological polar surface area (TPSA) is 70.1 Å². The number of sulfonamides is 1. The van der Waals surface area contributed by atoms with Crippen LogP contribution < -0.4 is 4.74 Å². The molecule has 2 aromatic carbocycles.